The molecule has 0 spiro atoms. The Morgan fingerprint density at radius 2 is 1.50 bits per heavy atom. The summed E-state index contributed by atoms with van der Waals surface area (Å²) in [5.74, 6) is -0.467. The minimum Gasteiger partial charge on any atom is -0.466 e. The van der Waals surface area contributed by atoms with Crippen molar-refractivity contribution in [2.24, 2.45) is 0 Å². The Bertz CT molecular complexity index is 773. The van der Waals surface area contributed by atoms with Gasteiger partial charge in [-0.05, 0) is 41.3 Å². The van der Waals surface area contributed by atoms with Gasteiger partial charge in [-0.15, -0.1) is 0 Å². The van der Waals surface area contributed by atoms with Crippen LogP contribution in [0.3, 0.4) is 0 Å². The monoisotopic (exact) mass is 426 g/mol. The van der Waals surface area contributed by atoms with Crippen molar-refractivity contribution < 1.29 is 19.1 Å². The maximum Gasteiger partial charge on any atom is 0.330 e. The predicted octanol–water partition coefficient (Wildman–Crippen LogP) is 3.82. The molecule has 0 aliphatic heterocycles. The fourth-order valence-electron chi connectivity index (χ4n) is 3.81. The molecule has 2 rings (SSSR count). The van der Waals surface area contributed by atoms with Crippen LogP contribution in [0.25, 0.3) is 0 Å². The molecule has 0 radical (unpaired) electrons. The van der Waals surface area contributed by atoms with E-state index in [0.717, 1.165) is 0 Å². The first kappa shape index (κ1) is 24.1. The number of methoxy groups -OCH3 is 1. The average Bonchev–Trinajstić information content (AvgIpc) is 2.74. The summed E-state index contributed by atoms with van der Waals surface area (Å²) in [6.45, 7) is 8.82. The zero-order valence-corrected chi connectivity index (χ0v) is 19.7. The molecule has 4 nitrogen and oxygen atoms in total. The number of carbonyl (C=O) groups excluding carboxylic acids is 1. The minimum atomic E-state index is -2.60. The standard InChI is InChI=1S/C25H34O4Si/c1-20(16-17-21(26)18-19-24(27)28-5)29-30(25(2,3)4,22-12-8-6-9-13-22)23-14-10-7-11-15-23/h6-15,18-21,26H,16-17H2,1-5H3/b19-18+/t20-,21-/m0/s1. The van der Waals surface area contributed by atoms with Crippen molar-refractivity contribution in [1.82, 2.24) is 0 Å². The molecule has 2 aromatic rings. The van der Waals surface area contributed by atoms with Gasteiger partial charge in [0.05, 0.1) is 13.2 Å². The largest absolute Gasteiger partial charge is 0.466 e. The van der Waals surface area contributed by atoms with Gasteiger partial charge in [0.2, 0.25) is 0 Å². The molecule has 0 saturated carbocycles. The van der Waals surface area contributed by atoms with E-state index in [0.29, 0.717) is 12.8 Å². The topological polar surface area (TPSA) is 55.8 Å². The molecule has 2 aromatic carbocycles. The highest BCUT2D eigenvalue weighted by Gasteiger charge is 2.50. The van der Waals surface area contributed by atoms with Gasteiger partial charge < -0.3 is 14.3 Å². The Kier molecular flexibility index (Phi) is 8.59. The maximum atomic E-state index is 11.2. The number of hydrogen-bond donors (Lipinski definition) is 1. The second-order valence-electron chi connectivity index (χ2n) is 8.62. The Hall–Kier alpha value is -2.21. The summed E-state index contributed by atoms with van der Waals surface area (Å²) in [6, 6.07) is 21.0. The van der Waals surface area contributed by atoms with E-state index in [2.05, 4.69) is 81.0 Å². The quantitative estimate of drug-likeness (QED) is 0.376. The van der Waals surface area contributed by atoms with Gasteiger partial charge in [-0.3, -0.25) is 0 Å². The third-order valence-electron chi connectivity index (χ3n) is 5.32. The van der Waals surface area contributed by atoms with Crippen molar-refractivity contribution in [3.8, 4) is 0 Å². The highest BCUT2D eigenvalue weighted by Crippen LogP contribution is 2.37. The lowest BCUT2D eigenvalue weighted by atomic mass is 10.1. The van der Waals surface area contributed by atoms with E-state index in [1.807, 2.05) is 12.1 Å². The number of benzene rings is 2. The third kappa shape index (κ3) is 5.91. The second kappa shape index (κ2) is 10.7. The molecule has 0 saturated heterocycles. The molecular weight excluding hydrogens is 392 g/mol. The average molecular weight is 427 g/mol. The first-order valence-electron chi connectivity index (χ1n) is 10.4. The highest BCUT2D eigenvalue weighted by atomic mass is 28.4. The summed E-state index contributed by atoms with van der Waals surface area (Å²) < 4.78 is 11.6. The maximum absolute atomic E-state index is 11.2. The number of ether oxygens (including phenoxy) is 1. The highest BCUT2D eigenvalue weighted by molar-refractivity contribution is 6.99. The number of carbonyl (C=O) groups is 1. The summed E-state index contributed by atoms with van der Waals surface area (Å²) in [6.07, 6.45) is 3.15. The molecule has 0 aliphatic rings. The molecule has 1 N–H and O–H groups in total. The van der Waals surface area contributed by atoms with E-state index in [9.17, 15) is 9.90 Å². The van der Waals surface area contributed by atoms with Gasteiger partial charge in [0.25, 0.3) is 8.32 Å². The molecular formula is C25H34O4Si. The number of aliphatic hydroxyl groups is 1. The van der Waals surface area contributed by atoms with E-state index >= 15 is 0 Å². The summed E-state index contributed by atoms with van der Waals surface area (Å²) >= 11 is 0. The Labute approximate surface area is 181 Å². The van der Waals surface area contributed by atoms with Crippen LogP contribution in [-0.2, 0) is 14.0 Å². The molecule has 162 valence electrons. The van der Waals surface area contributed by atoms with Crippen molar-refractivity contribution in [2.75, 3.05) is 7.11 Å². The normalized spacial score (nSPS) is 14.5. The first-order valence-corrected chi connectivity index (χ1v) is 12.3. The lowest BCUT2D eigenvalue weighted by Crippen LogP contribution is -2.67. The van der Waals surface area contributed by atoms with E-state index < -0.39 is 20.4 Å². The van der Waals surface area contributed by atoms with Gasteiger partial charge in [-0.2, -0.15) is 0 Å². The molecule has 0 bridgehead atoms. The number of esters is 1. The molecule has 5 heteroatoms. The first-order chi connectivity index (χ1) is 14.2. The van der Waals surface area contributed by atoms with Crippen LogP contribution in [0.15, 0.2) is 72.8 Å². The van der Waals surface area contributed by atoms with Crippen molar-refractivity contribution in [2.45, 2.75) is 57.8 Å². The minimum absolute atomic E-state index is 0.0579. The van der Waals surface area contributed by atoms with Gasteiger partial charge in [-0.1, -0.05) is 81.4 Å². The van der Waals surface area contributed by atoms with E-state index in [1.165, 1.54) is 29.6 Å². The van der Waals surface area contributed by atoms with Crippen molar-refractivity contribution >= 4 is 24.7 Å². The Morgan fingerprint density at radius 1 is 1.00 bits per heavy atom. The Morgan fingerprint density at radius 3 is 1.93 bits per heavy atom. The van der Waals surface area contributed by atoms with Crippen LogP contribution in [0.4, 0.5) is 0 Å². The number of rotatable bonds is 9. The Balaban J connectivity index is 2.30. The van der Waals surface area contributed by atoms with E-state index in [1.54, 1.807) is 0 Å². The van der Waals surface area contributed by atoms with Crippen molar-refractivity contribution in [3.05, 3.63) is 72.8 Å². The van der Waals surface area contributed by atoms with Crippen LogP contribution in [0.5, 0.6) is 0 Å². The van der Waals surface area contributed by atoms with Gasteiger partial charge in [-0.25, -0.2) is 4.79 Å². The molecule has 0 fully saturated rings. The van der Waals surface area contributed by atoms with Crippen LogP contribution in [0.2, 0.25) is 5.04 Å². The molecule has 0 aliphatic carbocycles. The number of hydrogen-bond acceptors (Lipinski definition) is 4. The van der Waals surface area contributed by atoms with Crippen molar-refractivity contribution in [3.63, 3.8) is 0 Å². The van der Waals surface area contributed by atoms with Crippen LogP contribution in [0, 0.1) is 0 Å². The van der Waals surface area contributed by atoms with Crippen LogP contribution in [0.1, 0.15) is 40.5 Å². The van der Waals surface area contributed by atoms with Crippen molar-refractivity contribution in [1.29, 1.82) is 0 Å². The van der Waals surface area contributed by atoms with E-state index in [4.69, 9.17) is 4.43 Å². The summed E-state index contributed by atoms with van der Waals surface area (Å²) in [4.78, 5) is 11.2. The fraction of sp³-hybridized carbons (Fsp3) is 0.400. The molecule has 0 aromatic heterocycles. The molecule has 0 heterocycles. The van der Waals surface area contributed by atoms with Crippen LogP contribution < -0.4 is 10.4 Å². The molecule has 30 heavy (non-hydrogen) atoms. The summed E-state index contributed by atoms with van der Waals surface area (Å²) in [5.41, 5.74) is 0. The zero-order chi connectivity index (χ0) is 22.2. The molecule has 0 amide bonds. The number of aliphatic hydroxyl groups excluding tert-OH is 1. The lowest BCUT2D eigenvalue weighted by Gasteiger charge is -2.44. The predicted molar refractivity (Wildman–Crippen MR) is 125 cm³/mol. The van der Waals surface area contributed by atoms with Gasteiger partial charge in [0.1, 0.15) is 0 Å². The smallest absolute Gasteiger partial charge is 0.330 e. The van der Waals surface area contributed by atoms with Crippen LogP contribution >= 0.6 is 0 Å². The van der Waals surface area contributed by atoms with E-state index in [-0.39, 0.29) is 11.1 Å². The summed E-state index contributed by atoms with van der Waals surface area (Å²) in [7, 11) is -1.28. The second-order valence-corrected chi connectivity index (χ2v) is 12.9. The summed E-state index contributed by atoms with van der Waals surface area (Å²) in [5, 5.41) is 12.6. The van der Waals surface area contributed by atoms with Gasteiger partial charge >= 0.3 is 5.97 Å². The fourth-order valence-corrected chi connectivity index (χ4v) is 8.55. The third-order valence-corrected chi connectivity index (χ3v) is 10.5. The molecule has 0 unspecified atom stereocenters. The molecule has 2 atom stereocenters. The van der Waals surface area contributed by atoms with Gasteiger partial charge in [0.15, 0.2) is 0 Å². The zero-order valence-electron chi connectivity index (χ0n) is 18.7. The van der Waals surface area contributed by atoms with Gasteiger partial charge in [0, 0.05) is 12.2 Å². The van der Waals surface area contributed by atoms with Crippen LogP contribution in [-0.4, -0.2) is 38.7 Å². The lowest BCUT2D eigenvalue weighted by molar-refractivity contribution is -0.134. The SMILES string of the molecule is COC(=O)/C=C/[C@@H](O)CC[C@H](C)O[Si](c1ccccc1)(c1ccccc1)C(C)(C)C.